The maximum Gasteiger partial charge on any atom is 0.218 e. The van der Waals surface area contributed by atoms with Gasteiger partial charge in [0.2, 0.25) is 5.69 Å². The molecule has 0 amide bonds. The van der Waals surface area contributed by atoms with Crippen LogP contribution in [0.25, 0.3) is 32.8 Å². The summed E-state index contributed by atoms with van der Waals surface area (Å²) >= 11 is 0. The van der Waals surface area contributed by atoms with Crippen LogP contribution in [0, 0.1) is 13.8 Å². The zero-order valence-corrected chi connectivity index (χ0v) is 12.9. The standard InChI is InChI=1S/C21H17N/c1-14-4-3-5-17(13-14)21-20-9-7-16-12-15(2)6-8-18(16)19(20)10-11-22-21/h3-13H,1-2H3/p+1. The summed E-state index contributed by atoms with van der Waals surface area (Å²) in [6.07, 6.45) is 2.04. The van der Waals surface area contributed by atoms with E-state index in [1.54, 1.807) is 0 Å². The summed E-state index contributed by atoms with van der Waals surface area (Å²) in [4.78, 5) is 3.43. The molecule has 1 heterocycles. The number of fused-ring (bicyclic) bond motifs is 3. The normalized spacial score (nSPS) is 11.2. The summed E-state index contributed by atoms with van der Waals surface area (Å²) in [6.45, 7) is 4.27. The highest BCUT2D eigenvalue weighted by atomic mass is 14.7. The molecule has 1 aromatic heterocycles. The molecule has 0 atom stereocenters. The van der Waals surface area contributed by atoms with Crippen LogP contribution in [-0.2, 0) is 0 Å². The second-order valence-electron chi connectivity index (χ2n) is 5.97. The number of nitrogens with one attached hydrogen (secondary N) is 1. The Morgan fingerprint density at radius 2 is 1.50 bits per heavy atom. The quantitative estimate of drug-likeness (QED) is 0.432. The maximum atomic E-state index is 3.43. The zero-order chi connectivity index (χ0) is 15.1. The van der Waals surface area contributed by atoms with Crippen molar-refractivity contribution in [1.29, 1.82) is 0 Å². The topological polar surface area (TPSA) is 14.1 Å². The second-order valence-corrected chi connectivity index (χ2v) is 5.97. The van der Waals surface area contributed by atoms with E-state index in [-0.39, 0.29) is 0 Å². The lowest BCUT2D eigenvalue weighted by Gasteiger charge is -2.06. The first-order valence-corrected chi connectivity index (χ1v) is 7.63. The smallest absolute Gasteiger partial charge is 0.211 e. The summed E-state index contributed by atoms with van der Waals surface area (Å²) in [7, 11) is 0. The highest BCUT2D eigenvalue weighted by Gasteiger charge is 2.12. The number of aromatic nitrogens is 1. The van der Waals surface area contributed by atoms with Crippen molar-refractivity contribution in [3.63, 3.8) is 0 Å². The van der Waals surface area contributed by atoms with Gasteiger partial charge >= 0.3 is 0 Å². The van der Waals surface area contributed by atoms with Crippen LogP contribution in [0.1, 0.15) is 11.1 Å². The summed E-state index contributed by atoms with van der Waals surface area (Å²) in [5, 5.41) is 5.18. The zero-order valence-electron chi connectivity index (χ0n) is 12.9. The summed E-state index contributed by atoms with van der Waals surface area (Å²) in [5.74, 6) is 0. The minimum atomic E-state index is 1.18. The number of aromatic amines is 1. The van der Waals surface area contributed by atoms with Gasteiger partial charge in [-0.1, -0.05) is 47.5 Å². The van der Waals surface area contributed by atoms with Crippen LogP contribution in [0.4, 0.5) is 0 Å². The van der Waals surface area contributed by atoms with Gasteiger partial charge in [-0.25, -0.2) is 4.98 Å². The predicted molar refractivity (Wildman–Crippen MR) is 92.9 cm³/mol. The maximum absolute atomic E-state index is 3.43. The molecule has 0 radical (unpaired) electrons. The fraction of sp³-hybridized carbons (Fsp3) is 0.0952. The summed E-state index contributed by atoms with van der Waals surface area (Å²) in [6, 6.07) is 21.9. The van der Waals surface area contributed by atoms with Crippen LogP contribution in [0.5, 0.6) is 0 Å². The lowest BCUT2D eigenvalue weighted by atomic mass is 9.97. The lowest BCUT2D eigenvalue weighted by Crippen LogP contribution is -2.06. The Morgan fingerprint density at radius 1 is 0.682 bits per heavy atom. The van der Waals surface area contributed by atoms with E-state index in [4.69, 9.17) is 0 Å². The molecule has 0 bridgehead atoms. The van der Waals surface area contributed by atoms with Gasteiger partial charge in [-0.05, 0) is 42.8 Å². The first-order chi connectivity index (χ1) is 10.7. The Balaban J connectivity index is 2.07. The predicted octanol–water partition coefficient (Wildman–Crippen LogP) is 5.09. The van der Waals surface area contributed by atoms with Crippen LogP contribution in [0.15, 0.2) is 66.9 Å². The number of aryl methyl sites for hydroxylation is 2. The first kappa shape index (κ1) is 13.0. The molecule has 0 unspecified atom stereocenters. The van der Waals surface area contributed by atoms with Crippen LogP contribution in [-0.4, -0.2) is 0 Å². The Morgan fingerprint density at radius 3 is 2.36 bits per heavy atom. The fourth-order valence-corrected chi connectivity index (χ4v) is 3.20. The molecule has 0 aliphatic heterocycles. The van der Waals surface area contributed by atoms with E-state index in [9.17, 15) is 0 Å². The minimum Gasteiger partial charge on any atom is -0.211 e. The molecule has 0 saturated heterocycles. The average Bonchev–Trinajstić information content (AvgIpc) is 2.53. The summed E-state index contributed by atoms with van der Waals surface area (Å²) in [5.41, 5.74) is 4.99. The number of pyridine rings is 1. The lowest BCUT2D eigenvalue weighted by molar-refractivity contribution is -0.362. The molecule has 22 heavy (non-hydrogen) atoms. The molecule has 1 N–H and O–H groups in total. The van der Waals surface area contributed by atoms with E-state index < -0.39 is 0 Å². The molecule has 0 saturated carbocycles. The van der Waals surface area contributed by atoms with Gasteiger partial charge in [0.25, 0.3) is 0 Å². The van der Waals surface area contributed by atoms with Gasteiger partial charge < -0.3 is 0 Å². The third-order valence-electron chi connectivity index (χ3n) is 4.27. The molecule has 4 aromatic rings. The number of hydrogen-bond donors (Lipinski definition) is 0. The highest BCUT2D eigenvalue weighted by Crippen LogP contribution is 2.30. The molecule has 0 aliphatic rings. The minimum absolute atomic E-state index is 1.18. The van der Waals surface area contributed by atoms with Gasteiger partial charge in [0, 0.05) is 17.0 Å². The van der Waals surface area contributed by atoms with Crippen LogP contribution < -0.4 is 4.98 Å². The van der Waals surface area contributed by atoms with E-state index >= 15 is 0 Å². The first-order valence-electron chi connectivity index (χ1n) is 7.63. The third kappa shape index (κ3) is 2.06. The van der Waals surface area contributed by atoms with E-state index in [0.29, 0.717) is 0 Å². The van der Waals surface area contributed by atoms with Crippen molar-refractivity contribution in [1.82, 2.24) is 0 Å². The number of benzene rings is 3. The molecule has 3 aromatic carbocycles. The fourth-order valence-electron chi connectivity index (χ4n) is 3.20. The van der Waals surface area contributed by atoms with Gasteiger partial charge in [0.1, 0.15) is 0 Å². The second kappa shape index (κ2) is 4.96. The van der Waals surface area contributed by atoms with E-state index in [0.717, 1.165) is 0 Å². The van der Waals surface area contributed by atoms with Crippen LogP contribution >= 0.6 is 0 Å². The van der Waals surface area contributed by atoms with Gasteiger partial charge in [-0.3, -0.25) is 0 Å². The number of H-pyrrole nitrogens is 1. The Labute approximate surface area is 130 Å². The van der Waals surface area contributed by atoms with Crippen molar-refractivity contribution in [3.8, 4) is 11.3 Å². The monoisotopic (exact) mass is 284 g/mol. The third-order valence-corrected chi connectivity index (χ3v) is 4.27. The molecule has 0 fully saturated rings. The van der Waals surface area contributed by atoms with Gasteiger partial charge in [0.15, 0.2) is 6.20 Å². The Bertz CT molecular complexity index is 999. The number of hydrogen-bond acceptors (Lipinski definition) is 0. The van der Waals surface area contributed by atoms with Crippen molar-refractivity contribution in [3.05, 3.63) is 78.0 Å². The van der Waals surface area contributed by atoms with Crippen molar-refractivity contribution >= 4 is 21.5 Å². The largest absolute Gasteiger partial charge is 0.218 e. The van der Waals surface area contributed by atoms with Crippen LogP contribution in [0.3, 0.4) is 0 Å². The van der Waals surface area contributed by atoms with Gasteiger partial charge in [-0.2, -0.15) is 0 Å². The molecule has 1 nitrogen and oxygen atoms in total. The molecule has 0 spiro atoms. The Hall–Kier alpha value is -2.67. The van der Waals surface area contributed by atoms with Crippen molar-refractivity contribution in [2.24, 2.45) is 0 Å². The Kier molecular flexibility index (Phi) is 2.93. The van der Waals surface area contributed by atoms with Gasteiger partial charge in [-0.15, -0.1) is 0 Å². The van der Waals surface area contributed by atoms with Crippen molar-refractivity contribution < 1.29 is 4.98 Å². The highest BCUT2D eigenvalue weighted by molar-refractivity contribution is 6.10. The van der Waals surface area contributed by atoms with Crippen molar-refractivity contribution in [2.75, 3.05) is 0 Å². The van der Waals surface area contributed by atoms with E-state index in [1.807, 2.05) is 6.20 Å². The molecule has 106 valence electrons. The average molecular weight is 284 g/mol. The SMILES string of the molecule is Cc1cccc(-c2[nH+]ccc3c2ccc2cc(C)ccc23)c1. The molecule has 1 heteroatoms. The van der Waals surface area contributed by atoms with Crippen LogP contribution in [0.2, 0.25) is 0 Å². The van der Waals surface area contributed by atoms with E-state index in [2.05, 4.69) is 79.5 Å². The molecular formula is C21H18N+. The number of rotatable bonds is 1. The molecule has 0 aliphatic carbocycles. The van der Waals surface area contributed by atoms with Crippen molar-refractivity contribution in [2.45, 2.75) is 13.8 Å². The molecular weight excluding hydrogens is 266 g/mol. The summed E-state index contributed by atoms with van der Waals surface area (Å²) < 4.78 is 0. The molecule has 4 rings (SSSR count). The van der Waals surface area contributed by atoms with E-state index in [1.165, 1.54) is 43.9 Å². The van der Waals surface area contributed by atoms with Gasteiger partial charge in [0.05, 0.1) is 5.39 Å².